The summed E-state index contributed by atoms with van der Waals surface area (Å²) in [6.07, 6.45) is 5.05. The third-order valence-corrected chi connectivity index (χ3v) is 4.34. The predicted molar refractivity (Wildman–Crippen MR) is 107 cm³/mol. The summed E-state index contributed by atoms with van der Waals surface area (Å²) in [5, 5.41) is 4.00. The number of ether oxygens (including phenoxy) is 2. The third-order valence-electron chi connectivity index (χ3n) is 4.34. The molecule has 0 aliphatic heterocycles. The molecule has 1 aromatic heterocycles. The number of aromatic nitrogens is 1. The zero-order valence-corrected chi connectivity index (χ0v) is 15.6. The molecule has 0 saturated carbocycles. The van der Waals surface area contributed by atoms with Crippen LogP contribution in [0.3, 0.4) is 0 Å². The summed E-state index contributed by atoms with van der Waals surface area (Å²) in [6, 6.07) is 15.1. The Bertz CT molecular complexity index is 977. The van der Waals surface area contributed by atoms with Gasteiger partial charge in [-0.05, 0) is 31.2 Å². The van der Waals surface area contributed by atoms with Crippen molar-refractivity contribution >= 4 is 22.9 Å². The van der Waals surface area contributed by atoms with E-state index in [1.807, 2.05) is 49.4 Å². The first-order valence-corrected chi connectivity index (χ1v) is 8.66. The Morgan fingerprint density at radius 3 is 2.70 bits per heavy atom. The number of methoxy groups -OCH3 is 2. The number of nitrogens with zero attached hydrogens (tertiary/aromatic N) is 1. The minimum absolute atomic E-state index is 0.187. The van der Waals surface area contributed by atoms with Crippen LogP contribution in [0.4, 0.5) is 0 Å². The summed E-state index contributed by atoms with van der Waals surface area (Å²) in [5.41, 5.74) is 2.65. The van der Waals surface area contributed by atoms with E-state index in [-0.39, 0.29) is 11.9 Å². The van der Waals surface area contributed by atoms with E-state index in [1.54, 1.807) is 32.6 Å². The number of pyridine rings is 1. The van der Waals surface area contributed by atoms with Crippen LogP contribution in [0.5, 0.6) is 11.5 Å². The van der Waals surface area contributed by atoms with E-state index in [0.29, 0.717) is 11.5 Å². The lowest BCUT2D eigenvalue weighted by molar-refractivity contribution is -0.117. The standard InChI is InChI=1S/C22H22N2O3/c1-15(19-11-10-18(26-2)14-20(19)27-3)24-21(25)12-9-17-7-4-6-16-8-5-13-23-22(16)17/h4-15H,1-3H3,(H,24,25)/b12-9+. The van der Waals surface area contributed by atoms with Crippen molar-refractivity contribution in [2.45, 2.75) is 13.0 Å². The Morgan fingerprint density at radius 2 is 1.93 bits per heavy atom. The van der Waals surface area contributed by atoms with Crippen LogP contribution < -0.4 is 14.8 Å². The lowest BCUT2D eigenvalue weighted by Gasteiger charge is -2.17. The minimum atomic E-state index is -0.214. The normalized spacial score (nSPS) is 12.1. The van der Waals surface area contributed by atoms with Crippen LogP contribution in [0.15, 0.2) is 60.8 Å². The van der Waals surface area contributed by atoms with Crippen LogP contribution >= 0.6 is 0 Å². The largest absolute Gasteiger partial charge is 0.497 e. The Kier molecular flexibility index (Phi) is 5.71. The molecule has 3 rings (SSSR count). The maximum atomic E-state index is 12.4. The van der Waals surface area contributed by atoms with Crippen molar-refractivity contribution < 1.29 is 14.3 Å². The lowest BCUT2D eigenvalue weighted by atomic mass is 10.1. The second kappa shape index (κ2) is 8.36. The third kappa shape index (κ3) is 4.26. The Labute approximate surface area is 158 Å². The van der Waals surface area contributed by atoms with Gasteiger partial charge in [-0.2, -0.15) is 0 Å². The van der Waals surface area contributed by atoms with Gasteiger partial charge in [0.2, 0.25) is 5.91 Å². The Morgan fingerprint density at radius 1 is 1.11 bits per heavy atom. The van der Waals surface area contributed by atoms with E-state index in [1.165, 1.54) is 6.08 Å². The van der Waals surface area contributed by atoms with Crippen LogP contribution in [0, 0.1) is 0 Å². The monoisotopic (exact) mass is 362 g/mol. The molecule has 5 heteroatoms. The Hall–Kier alpha value is -3.34. The average Bonchev–Trinajstić information content (AvgIpc) is 2.71. The van der Waals surface area contributed by atoms with E-state index in [9.17, 15) is 4.79 Å². The van der Waals surface area contributed by atoms with E-state index in [4.69, 9.17) is 9.47 Å². The number of hydrogen-bond donors (Lipinski definition) is 1. The number of carbonyl (C=O) groups is 1. The summed E-state index contributed by atoms with van der Waals surface area (Å²) >= 11 is 0. The van der Waals surface area contributed by atoms with Gasteiger partial charge in [0.1, 0.15) is 11.5 Å². The van der Waals surface area contributed by atoms with Crippen LogP contribution in [0.25, 0.3) is 17.0 Å². The molecule has 1 unspecified atom stereocenters. The van der Waals surface area contributed by atoms with Gasteiger partial charge < -0.3 is 14.8 Å². The van der Waals surface area contributed by atoms with Crippen molar-refractivity contribution in [2.24, 2.45) is 0 Å². The molecule has 0 spiro atoms. The topological polar surface area (TPSA) is 60.5 Å². The smallest absolute Gasteiger partial charge is 0.244 e. The van der Waals surface area contributed by atoms with Crippen molar-refractivity contribution in [3.8, 4) is 11.5 Å². The van der Waals surface area contributed by atoms with E-state index in [2.05, 4.69) is 10.3 Å². The molecule has 0 aliphatic rings. The number of para-hydroxylation sites is 1. The first-order chi connectivity index (χ1) is 13.1. The highest BCUT2D eigenvalue weighted by Gasteiger charge is 2.14. The molecule has 0 bridgehead atoms. The molecule has 0 aliphatic carbocycles. The number of hydrogen-bond acceptors (Lipinski definition) is 4. The predicted octanol–water partition coefficient (Wildman–Crippen LogP) is 4.14. The SMILES string of the molecule is COc1ccc(C(C)NC(=O)/C=C/c2cccc3cccnc23)c(OC)c1. The molecule has 0 radical (unpaired) electrons. The number of rotatable bonds is 6. The fraction of sp³-hybridized carbons (Fsp3) is 0.182. The highest BCUT2D eigenvalue weighted by atomic mass is 16.5. The molecule has 0 saturated heterocycles. The lowest BCUT2D eigenvalue weighted by Crippen LogP contribution is -2.25. The zero-order chi connectivity index (χ0) is 19.2. The maximum Gasteiger partial charge on any atom is 0.244 e. The van der Waals surface area contributed by atoms with Gasteiger partial charge in [0.25, 0.3) is 0 Å². The van der Waals surface area contributed by atoms with Gasteiger partial charge in [0, 0.05) is 34.9 Å². The molecule has 1 N–H and O–H groups in total. The number of carbonyl (C=O) groups excluding carboxylic acids is 1. The van der Waals surface area contributed by atoms with E-state index < -0.39 is 0 Å². The molecule has 5 nitrogen and oxygen atoms in total. The van der Waals surface area contributed by atoms with Crippen LogP contribution in [0.2, 0.25) is 0 Å². The van der Waals surface area contributed by atoms with Crippen molar-refractivity contribution in [1.29, 1.82) is 0 Å². The summed E-state index contributed by atoms with van der Waals surface area (Å²) in [7, 11) is 3.20. The summed E-state index contributed by atoms with van der Waals surface area (Å²) in [5.74, 6) is 1.19. The molecule has 3 aromatic rings. The van der Waals surface area contributed by atoms with E-state index >= 15 is 0 Å². The highest BCUT2D eigenvalue weighted by molar-refractivity contribution is 5.95. The molecular weight excluding hydrogens is 340 g/mol. The first-order valence-electron chi connectivity index (χ1n) is 8.66. The van der Waals surface area contributed by atoms with Gasteiger partial charge in [-0.25, -0.2) is 0 Å². The van der Waals surface area contributed by atoms with E-state index in [0.717, 1.165) is 22.0 Å². The zero-order valence-electron chi connectivity index (χ0n) is 15.6. The van der Waals surface area contributed by atoms with Crippen molar-refractivity contribution in [3.63, 3.8) is 0 Å². The van der Waals surface area contributed by atoms with Crippen LogP contribution in [-0.4, -0.2) is 25.1 Å². The van der Waals surface area contributed by atoms with Crippen molar-refractivity contribution in [1.82, 2.24) is 10.3 Å². The average molecular weight is 362 g/mol. The Balaban J connectivity index is 1.74. The number of nitrogens with one attached hydrogen (secondary N) is 1. The van der Waals surface area contributed by atoms with Crippen LogP contribution in [0.1, 0.15) is 24.1 Å². The van der Waals surface area contributed by atoms with Crippen molar-refractivity contribution in [3.05, 3.63) is 71.9 Å². The molecule has 27 heavy (non-hydrogen) atoms. The number of benzene rings is 2. The van der Waals surface area contributed by atoms with Crippen LogP contribution in [-0.2, 0) is 4.79 Å². The van der Waals surface area contributed by atoms with Gasteiger partial charge >= 0.3 is 0 Å². The minimum Gasteiger partial charge on any atom is -0.497 e. The molecule has 2 aromatic carbocycles. The molecular formula is C22H22N2O3. The molecule has 1 heterocycles. The quantitative estimate of drug-likeness (QED) is 0.670. The number of fused-ring (bicyclic) bond motifs is 1. The molecule has 138 valence electrons. The first kappa shape index (κ1) is 18.5. The highest BCUT2D eigenvalue weighted by Crippen LogP contribution is 2.29. The number of amides is 1. The van der Waals surface area contributed by atoms with Gasteiger partial charge in [-0.1, -0.05) is 24.3 Å². The molecule has 0 fully saturated rings. The van der Waals surface area contributed by atoms with Crippen molar-refractivity contribution in [2.75, 3.05) is 14.2 Å². The summed E-state index contributed by atoms with van der Waals surface area (Å²) in [4.78, 5) is 16.8. The second-order valence-electron chi connectivity index (χ2n) is 6.09. The molecule has 1 amide bonds. The summed E-state index contributed by atoms with van der Waals surface area (Å²) < 4.78 is 10.6. The second-order valence-corrected chi connectivity index (χ2v) is 6.09. The van der Waals surface area contributed by atoms with Gasteiger partial charge in [0.15, 0.2) is 0 Å². The maximum absolute atomic E-state index is 12.4. The fourth-order valence-electron chi connectivity index (χ4n) is 2.94. The van der Waals surface area contributed by atoms with Gasteiger partial charge in [-0.15, -0.1) is 0 Å². The van der Waals surface area contributed by atoms with Gasteiger partial charge in [-0.3, -0.25) is 9.78 Å². The fourth-order valence-corrected chi connectivity index (χ4v) is 2.94. The molecule has 1 atom stereocenters. The summed E-state index contributed by atoms with van der Waals surface area (Å²) in [6.45, 7) is 1.91. The van der Waals surface area contributed by atoms with Gasteiger partial charge in [0.05, 0.1) is 25.8 Å².